The van der Waals surface area contributed by atoms with Crippen LogP contribution >= 0.6 is 0 Å². The predicted octanol–water partition coefficient (Wildman–Crippen LogP) is 3.72. The van der Waals surface area contributed by atoms with Gasteiger partial charge in [-0.3, -0.25) is 0 Å². The molecule has 2 atom stereocenters. The quantitative estimate of drug-likeness (QED) is 0.802. The van der Waals surface area contributed by atoms with Gasteiger partial charge < -0.3 is 5.11 Å². The summed E-state index contributed by atoms with van der Waals surface area (Å²) in [4.78, 5) is 0. The second-order valence-corrected chi connectivity index (χ2v) is 5.39. The molecule has 1 heteroatoms. The van der Waals surface area contributed by atoms with Crippen molar-refractivity contribution in [3.05, 3.63) is 35.9 Å². The zero-order chi connectivity index (χ0) is 11.6. The summed E-state index contributed by atoms with van der Waals surface area (Å²) in [6.07, 6.45) is 4.48. The van der Waals surface area contributed by atoms with E-state index in [1.54, 1.807) is 0 Å². The van der Waals surface area contributed by atoms with Crippen LogP contribution < -0.4 is 0 Å². The average Bonchev–Trinajstić information content (AvgIpc) is 2.30. The lowest BCUT2D eigenvalue weighted by Gasteiger charge is -2.42. The van der Waals surface area contributed by atoms with Gasteiger partial charge in [0.1, 0.15) is 0 Å². The van der Waals surface area contributed by atoms with Crippen molar-refractivity contribution in [2.75, 3.05) is 0 Å². The van der Waals surface area contributed by atoms with Gasteiger partial charge >= 0.3 is 0 Å². The summed E-state index contributed by atoms with van der Waals surface area (Å²) >= 11 is 0. The first-order valence-electron chi connectivity index (χ1n) is 6.42. The fourth-order valence-corrected chi connectivity index (χ4v) is 3.15. The second-order valence-electron chi connectivity index (χ2n) is 5.39. The molecule has 2 unspecified atom stereocenters. The highest BCUT2D eigenvalue weighted by atomic mass is 16.3. The molecule has 16 heavy (non-hydrogen) atoms. The highest BCUT2D eigenvalue weighted by molar-refractivity contribution is 5.24. The van der Waals surface area contributed by atoms with Crippen LogP contribution in [0.4, 0.5) is 0 Å². The van der Waals surface area contributed by atoms with Crippen LogP contribution in [-0.4, -0.2) is 5.11 Å². The van der Waals surface area contributed by atoms with Gasteiger partial charge in [0.15, 0.2) is 0 Å². The minimum absolute atomic E-state index is 0.406. The molecule has 0 radical (unpaired) electrons. The predicted molar refractivity (Wildman–Crippen MR) is 67.1 cm³/mol. The first-order valence-corrected chi connectivity index (χ1v) is 6.42. The number of aliphatic hydroxyl groups is 1. The molecule has 1 fully saturated rings. The molecule has 1 aliphatic carbocycles. The maximum absolute atomic E-state index is 11.0. The van der Waals surface area contributed by atoms with Crippen molar-refractivity contribution in [1.29, 1.82) is 0 Å². The maximum Gasteiger partial charge on any atom is 0.0927 e. The molecule has 88 valence electrons. The Balaban J connectivity index is 2.33. The number of benzene rings is 1. The number of hydrogen-bond acceptors (Lipinski definition) is 1. The lowest BCUT2D eigenvalue weighted by molar-refractivity contribution is -0.0721. The largest absolute Gasteiger partial charge is 0.385 e. The minimum Gasteiger partial charge on any atom is -0.385 e. The molecular formula is C15H22O. The Morgan fingerprint density at radius 2 is 1.88 bits per heavy atom. The molecule has 1 N–H and O–H groups in total. The molecular weight excluding hydrogens is 196 g/mol. The molecule has 1 aromatic rings. The van der Waals surface area contributed by atoms with Crippen LogP contribution in [0, 0.1) is 11.8 Å². The van der Waals surface area contributed by atoms with Gasteiger partial charge in [-0.1, -0.05) is 57.0 Å². The Bertz CT molecular complexity index is 331. The SMILES string of the molecule is CC(C)C1CCCCC1(O)c1ccccc1. The summed E-state index contributed by atoms with van der Waals surface area (Å²) in [6, 6.07) is 10.2. The van der Waals surface area contributed by atoms with Crippen molar-refractivity contribution in [3.63, 3.8) is 0 Å². The summed E-state index contributed by atoms with van der Waals surface area (Å²) in [7, 11) is 0. The van der Waals surface area contributed by atoms with Crippen molar-refractivity contribution in [1.82, 2.24) is 0 Å². The van der Waals surface area contributed by atoms with E-state index in [0.29, 0.717) is 11.8 Å². The third kappa shape index (κ3) is 2.01. The summed E-state index contributed by atoms with van der Waals surface area (Å²) in [6.45, 7) is 4.45. The fraction of sp³-hybridized carbons (Fsp3) is 0.600. The molecule has 0 aliphatic heterocycles. The average molecular weight is 218 g/mol. The van der Waals surface area contributed by atoms with E-state index in [4.69, 9.17) is 0 Å². The number of hydrogen-bond donors (Lipinski definition) is 1. The molecule has 0 saturated heterocycles. The molecule has 1 aromatic carbocycles. The van der Waals surface area contributed by atoms with Gasteiger partial charge in [0.05, 0.1) is 5.60 Å². The van der Waals surface area contributed by atoms with Crippen LogP contribution in [0.25, 0.3) is 0 Å². The van der Waals surface area contributed by atoms with Gasteiger partial charge in [-0.25, -0.2) is 0 Å². The van der Waals surface area contributed by atoms with Gasteiger partial charge in [-0.05, 0) is 30.2 Å². The molecule has 2 rings (SSSR count). The second kappa shape index (κ2) is 4.58. The van der Waals surface area contributed by atoms with Crippen molar-refractivity contribution in [2.24, 2.45) is 11.8 Å². The Morgan fingerprint density at radius 3 is 2.50 bits per heavy atom. The van der Waals surface area contributed by atoms with Crippen LogP contribution in [-0.2, 0) is 5.60 Å². The molecule has 0 spiro atoms. The van der Waals surface area contributed by atoms with Crippen LogP contribution in [0.1, 0.15) is 45.1 Å². The molecule has 1 saturated carbocycles. The topological polar surface area (TPSA) is 20.2 Å². The molecule has 1 aliphatic rings. The van der Waals surface area contributed by atoms with E-state index in [2.05, 4.69) is 26.0 Å². The van der Waals surface area contributed by atoms with Crippen molar-refractivity contribution < 1.29 is 5.11 Å². The fourth-order valence-electron chi connectivity index (χ4n) is 3.15. The van der Waals surface area contributed by atoms with Gasteiger partial charge in [0, 0.05) is 0 Å². The lowest BCUT2D eigenvalue weighted by Crippen LogP contribution is -2.40. The monoisotopic (exact) mass is 218 g/mol. The first kappa shape index (κ1) is 11.7. The summed E-state index contributed by atoms with van der Waals surface area (Å²) in [5.74, 6) is 0.953. The van der Waals surface area contributed by atoms with Crippen molar-refractivity contribution >= 4 is 0 Å². The molecule has 0 bridgehead atoms. The maximum atomic E-state index is 11.0. The minimum atomic E-state index is -0.590. The zero-order valence-corrected chi connectivity index (χ0v) is 10.3. The van der Waals surface area contributed by atoms with E-state index in [9.17, 15) is 5.11 Å². The van der Waals surface area contributed by atoms with E-state index < -0.39 is 5.60 Å². The first-order chi connectivity index (χ1) is 7.64. The Morgan fingerprint density at radius 1 is 1.19 bits per heavy atom. The smallest absolute Gasteiger partial charge is 0.0927 e. The van der Waals surface area contributed by atoms with Crippen LogP contribution in [0.2, 0.25) is 0 Å². The molecule has 0 aromatic heterocycles. The summed E-state index contributed by atoms with van der Waals surface area (Å²) < 4.78 is 0. The zero-order valence-electron chi connectivity index (χ0n) is 10.3. The van der Waals surface area contributed by atoms with Gasteiger partial charge in [-0.15, -0.1) is 0 Å². The van der Waals surface area contributed by atoms with E-state index in [1.165, 1.54) is 6.42 Å². The Hall–Kier alpha value is -0.820. The van der Waals surface area contributed by atoms with Crippen molar-refractivity contribution in [2.45, 2.75) is 45.1 Å². The normalized spacial score (nSPS) is 30.6. The van der Waals surface area contributed by atoms with Crippen molar-refractivity contribution in [3.8, 4) is 0 Å². The van der Waals surface area contributed by atoms with E-state index in [1.807, 2.05) is 18.2 Å². The van der Waals surface area contributed by atoms with Crippen LogP contribution in [0.3, 0.4) is 0 Å². The van der Waals surface area contributed by atoms with E-state index >= 15 is 0 Å². The Labute approximate surface area is 98.5 Å². The number of rotatable bonds is 2. The Kier molecular flexibility index (Phi) is 3.34. The highest BCUT2D eigenvalue weighted by Gasteiger charge is 2.41. The molecule has 0 heterocycles. The van der Waals surface area contributed by atoms with E-state index in [-0.39, 0.29) is 0 Å². The molecule has 0 amide bonds. The van der Waals surface area contributed by atoms with Gasteiger partial charge in [0.25, 0.3) is 0 Å². The van der Waals surface area contributed by atoms with Gasteiger partial charge in [0.2, 0.25) is 0 Å². The summed E-state index contributed by atoms with van der Waals surface area (Å²) in [5.41, 5.74) is 0.515. The van der Waals surface area contributed by atoms with Crippen LogP contribution in [0.15, 0.2) is 30.3 Å². The van der Waals surface area contributed by atoms with Gasteiger partial charge in [-0.2, -0.15) is 0 Å². The highest BCUT2D eigenvalue weighted by Crippen LogP contribution is 2.44. The van der Waals surface area contributed by atoms with E-state index in [0.717, 1.165) is 24.8 Å². The standard InChI is InChI=1S/C15H22O/c1-12(2)14-10-6-7-11-15(14,16)13-8-4-3-5-9-13/h3-5,8-9,12,14,16H,6-7,10-11H2,1-2H3. The third-order valence-electron chi connectivity index (χ3n) is 4.01. The van der Waals surface area contributed by atoms with Crippen LogP contribution in [0.5, 0.6) is 0 Å². The lowest BCUT2D eigenvalue weighted by atomic mass is 9.67. The third-order valence-corrected chi connectivity index (χ3v) is 4.01. The molecule has 1 nitrogen and oxygen atoms in total. The summed E-state index contributed by atoms with van der Waals surface area (Å²) in [5, 5.41) is 11.0.